The highest BCUT2D eigenvalue weighted by atomic mass is 35.5. The fraction of sp³-hybridized carbons (Fsp3) is 0.286. The van der Waals surface area contributed by atoms with Crippen molar-refractivity contribution in [2.75, 3.05) is 40.4 Å². The molecule has 1 amide bonds. The lowest BCUT2D eigenvalue weighted by Crippen LogP contribution is -2.50. The Balaban J connectivity index is 1.65. The van der Waals surface area contributed by atoms with Gasteiger partial charge in [0, 0.05) is 38.3 Å². The van der Waals surface area contributed by atoms with Gasteiger partial charge in [-0.25, -0.2) is 8.42 Å². The Morgan fingerprint density at radius 3 is 2.17 bits per heavy atom. The van der Waals surface area contributed by atoms with Crippen molar-refractivity contribution in [3.63, 3.8) is 0 Å². The van der Waals surface area contributed by atoms with Crippen molar-refractivity contribution < 1.29 is 22.7 Å². The molecule has 0 radical (unpaired) electrons. The second kappa shape index (κ2) is 9.51. The molecule has 0 spiro atoms. The number of carbonyl (C=O) groups is 1. The second-order valence-corrected chi connectivity index (χ2v) is 8.95. The van der Waals surface area contributed by atoms with Crippen molar-refractivity contribution >= 4 is 33.6 Å². The molecule has 0 aromatic heterocycles. The highest BCUT2D eigenvalue weighted by molar-refractivity contribution is 7.89. The molecule has 0 unspecified atom stereocenters. The Hall–Kier alpha value is -2.55. The number of piperazine rings is 1. The van der Waals surface area contributed by atoms with Gasteiger partial charge in [0.15, 0.2) is 0 Å². The average molecular weight is 451 g/mol. The molecule has 3 rings (SSSR count). The van der Waals surface area contributed by atoms with Crippen LogP contribution in [0.4, 0.5) is 0 Å². The number of sulfonamides is 1. The number of hydrogen-bond acceptors (Lipinski definition) is 5. The maximum absolute atomic E-state index is 12.8. The molecule has 0 N–H and O–H groups in total. The average Bonchev–Trinajstić information content (AvgIpc) is 2.77. The zero-order valence-electron chi connectivity index (χ0n) is 16.7. The lowest BCUT2D eigenvalue weighted by atomic mass is 10.2. The summed E-state index contributed by atoms with van der Waals surface area (Å²) in [6.45, 7) is 1.02. The van der Waals surface area contributed by atoms with Crippen LogP contribution in [0.1, 0.15) is 5.56 Å². The Morgan fingerprint density at radius 2 is 1.60 bits per heavy atom. The molecule has 160 valence electrons. The van der Waals surface area contributed by atoms with Crippen molar-refractivity contribution in [1.82, 2.24) is 9.21 Å². The summed E-state index contributed by atoms with van der Waals surface area (Å²) in [5.41, 5.74) is 0.763. The molecular weight excluding hydrogens is 428 g/mol. The number of ether oxygens (including phenoxy) is 2. The predicted octanol–water partition coefficient (Wildman–Crippen LogP) is 2.90. The molecule has 1 saturated heterocycles. The molecule has 1 heterocycles. The fourth-order valence-corrected chi connectivity index (χ4v) is 5.06. The third-order valence-electron chi connectivity index (χ3n) is 4.80. The summed E-state index contributed by atoms with van der Waals surface area (Å²) in [5.74, 6) is 1.06. The van der Waals surface area contributed by atoms with Gasteiger partial charge < -0.3 is 14.4 Å². The summed E-state index contributed by atoms with van der Waals surface area (Å²) in [5, 5.41) is 0.188. The Labute approximate surface area is 181 Å². The number of halogens is 1. The van der Waals surface area contributed by atoms with Crippen molar-refractivity contribution in [2.45, 2.75) is 4.90 Å². The molecule has 30 heavy (non-hydrogen) atoms. The molecule has 2 aromatic rings. The van der Waals surface area contributed by atoms with Gasteiger partial charge in [0.05, 0.1) is 19.2 Å². The largest absolute Gasteiger partial charge is 0.497 e. The van der Waals surface area contributed by atoms with E-state index in [1.807, 2.05) is 0 Å². The summed E-state index contributed by atoms with van der Waals surface area (Å²) < 4.78 is 37.4. The van der Waals surface area contributed by atoms with Crippen molar-refractivity contribution in [3.8, 4) is 11.5 Å². The van der Waals surface area contributed by atoms with Gasteiger partial charge in [-0.3, -0.25) is 4.79 Å². The van der Waals surface area contributed by atoms with Gasteiger partial charge in [-0.2, -0.15) is 4.31 Å². The number of amides is 1. The van der Waals surface area contributed by atoms with E-state index in [0.717, 1.165) is 5.56 Å². The summed E-state index contributed by atoms with van der Waals surface area (Å²) in [7, 11) is -0.577. The highest BCUT2D eigenvalue weighted by Gasteiger charge is 2.30. The highest BCUT2D eigenvalue weighted by Crippen LogP contribution is 2.25. The van der Waals surface area contributed by atoms with E-state index < -0.39 is 10.0 Å². The summed E-state index contributed by atoms with van der Waals surface area (Å²) in [6, 6.07) is 11.7. The lowest BCUT2D eigenvalue weighted by molar-refractivity contribution is -0.127. The predicted molar refractivity (Wildman–Crippen MR) is 115 cm³/mol. The molecule has 1 aliphatic heterocycles. The van der Waals surface area contributed by atoms with E-state index in [4.69, 9.17) is 21.1 Å². The molecule has 2 aromatic carbocycles. The van der Waals surface area contributed by atoms with Crippen LogP contribution in [-0.4, -0.2) is 63.9 Å². The minimum absolute atomic E-state index is 0.0818. The van der Waals surface area contributed by atoms with Crippen LogP contribution in [-0.2, 0) is 14.8 Å². The molecule has 0 aliphatic carbocycles. The Morgan fingerprint density at radius 1 is 1.00 bits per heavy atom. The van der Waals surface area contributed by atoms with E-state index in [1.54, 1.807) is 61.6 Å². The number of carbonyl (C=O) groups excluding carboxylic acids is 1. The molecule has 1 aliphatic rings. The van der Waals surface area contributed by atoms with Crippen molar-refractivity contribution in [3.05, 3.63) is 59.1 Å². The molecule has 7 nitrogen and oxygen atoms in total. The zero-order chi connectivity index (χ0) is 21.7. The second-order valence-electron chi connectivity index (χ2n) is 6.64. The summed E-state index contributed by atoms with van der Waals surface area (Å²) in [6.07, 6.45) is 3.15. The van der Waals surface area contributed by atoms with E-state index in [2.05, 4.69) is 0 Å². The standard InChI is InChI=1S/C21H23ClN2O5S/c1-28-17-13-16(14-18(15-17)29-2)7-8-21(25)23-9-11-24(12-10-23)30(26,27)20-6-4-3-5-19(20)22/h3-8,13-15H,9-12H2,1-2H3. The molecule has 0 atom stereocenters. The van der Waals surface area contributed by atoms with E-state index in [-0.39, 0.29) is 28.9 Å². The number of benzene rings is 2. The molecule has 9 heteroatoms. The van der Waals surface area contributed by atoms with Crippen LogP contribution in [0.2, 0.25) is 5.02 Å². The van der Waals surface area contributed by atoms with Gasteiger partial charge in [0.1, 0.15) is 16.4 Å². The number of nitrogens with zero attached hydrogens (tertiary/aromatic N) is 2. The van der Waals surface area contributed by atoms with Gasteiger partial charge in [0.25, 0.3) is 0 Å². The van der Waals surface area contributed by atoms with Crippen LogP contribution in [0.5, 0.6) is 11.5 Å². The van der Waals surface area contributed by atoms with Crippen LogP contribution in [0.3, 0.4) is 0 Å². The van der Waals surface area contributed by atoms with E-state index in [1.165, 1.54) is 16.4 Å². The van der Waals surface area contributed by atoms with Crippen molar-refractivity contribution in [2.24, 2.45) is 0 Å². The zero-order valence-corrected chi connectivity index (χ0v) is 18.3. The van der Waals surface area contributed by atoms with Gasteiger partial charge >= 0.3 is 0 Å². The molecule has 0 saturated carbocycles. The van der Waals surface area contributed by atoms with Crippen molar-refractivity contribution in [1.29, 1.82) is 0 Å². The first kappa shape index (κ1) is 22.1. The van der Waals surface area contributed by atoms with Gasteiger partial charge in [-0.1, -0.05) is 23.7 Å². The fourth-order valence-electron chi connectivity index (χ4n) is 3.14. The first-order valence-electron chi connectivity index (χ1n) is 9.30. The van der Waals surface area contributed by atoms with E-state index >= 15 is 0 Å². The van der Waals surface area contributed by atoms with Gasteiger partial charge in [0.2, 0.25) is 15.9 Å². The lowest BCUT2D eigenvalue weighted by Gasteiger charge is -2.33. The maximum atomic E-state index is 12.8. The van der Waals surface area contributed by atoms with E-state index in [0.29, 0.717) is 24.6 Å². The monoisotopic (exact) mass is 450 g/mol. The number of methoxy groups -OCH3 is 2. The smallest absolute Gasteiger partial charge is 0.246 e. The van der Waals surface area contributed by atoms with Crippen LogP contribution in [0.15, 0.2) is 53.4 Å². The third-order valence-corrected chi connectivity index (χ3v) is 7.20. The first-order valence-corrected chi connectivity index (χ1v) is 11.1. The van der Waals surface area contributed by atoms with Crippen LogP contribution < -0.4 is 9.47 Å². The normalized spacial score (nSPS) is 15.4. The van der Waals surface area contributed by atoms with E-state index in [9.17, 15) is 13.2 Å². The maximum Gasteiger partial charge on any atom is 0.246 e. The molecule has 1 fully saturated rings. The number of hydrogen-bond donors (Lipinski definition) is 0. The first-order chi connectivity index (χ1) is 14.3. The van der Waals surface area contributed by atoms with Crippen LogP contribution in [0, 0.1) is 0 Å². The molecule has 0 bridgehead atoms. The summed E-state index contributed by atoms with van der Waals surface area (Å²) >= 11 is 6.05. The minimum Gasteiger partial charge on any atom is -0.497 e. The number of rotatable bonds is 6. The van der Waals surface area contributed by atoms with Crippen LogP contribution in [0.25, 0.3) is 6.08 Å². The quantitative estimate of drug-likeness (QED) is 0.632. The Bertz CT molecular complexity index is 1020. The SMILES string of the molecule is COc1cc(C=CC(=O)N2CCN(S(=O)(=O)c3ccccc3Cl)CC2)cc(OC)c1. The molecular formula is C21H23ClN2O5S. The summed E-state index contributed by atoms with van der Waals surface area (Å²) in [4.78, 5) is 14.2. The minimum atomic E-state index is -3.69. The van der Waals surface area contributed by atoms with Crippen LogP contribution >= 0.6 is 11.6 Å². The topological polar surface area (TPSA) is 76.2 Å². The van der Waals surface area contributed by atoms with Gasteiger partial charge in [-0.15, -0.1) is 0 Å². The Kier molecular flexibility index (Phi) is 7.02. The third kappa shape index (κ3) is 4.95. The van der Waals surface area contributed by atoms with Gasteiger partial charge in [-0.05, 0) is 35.9 Å².